The van der Waals surface area contributed by atoms with Gasteiger partial charge in [0.15, 0.2) is 0 Å². The molecule has 0 amide bonds. The number of aromatic amines is 1. The first-order valence-electron chi connectivity index (χ1n) is 9.55. The van der Waals surface area contributed by atoms with Crippen LogP contribution in [0.1, 0.15) is 5.56 Å². The van der Waals surface area contributed by atoms with Crippen LogP contribution in [0, 0.1) is 0 Å². The molecule has 5 rings (SSSR count). The van der Waals surface area contributed by atoms with Crippen LogP contribution in [0.15, 0.2) is 73.1 Å². The van der Waals surface area contributed by atoms with Gasteiger partial charge in [0, 0.05) is 0 Å². The third kappa shape index (κ3) is 3.34. The second kappa shape index (κ2) is 7.45. The van der Waals surface area contributed by atoms with Gasteiger partial charge in [-0.25, -0.2) is 0 Å². The number of fused-ring (bicyclic) bond motifs is 2. The summed E-state index contributed by atoms with van der Waals surface area (Å²) >= 11 is 0.0319. The molecule has 0 saturated carbocycles. The average Bonchev–Trinajstić information content (AvgIpc) is 3.34. The first-order valence-corrected chi connectivity index (χ1v) is 11.8. The summed E-state index contributed by atoms with van der Waals surface area (Å²) in [7, 11) is 3.79. The van der Waals surface area contributed by atoms with E-state index in [4.69, 9.17) is 4.74 Å². The first-order chi connectivity index (χ1) is 14.2. The summed E-state index contributed by atoms with van der Waals surface area (Å²) in [6, 6.07) is 21.4. The molecule has 0 saturated heterocycles. The summed E-state index contributed by atoms with van der Waals surface area (Å²) < 4.78 is 9.02. The van der Waals surface area contributed by atoms with Gasteiger partial charge in [0.05, 0.1) is 0 Å². The second-order valence-electron chi connectivity index (χ2n) is 7.11. The zero-order valence-electron chi connectivity index (χ0n) is 16.4. The molecule has 0 spiro atoms. The number of methoxy groups -OCH3 is 1. The van der Waals surface area contributed by atoms with Gasteiger partial charge in [0.2, 0.25) is 0 Å². The van der Waals surface area contributed by atoms with Crippen LogP contribution in [0.2, 0.25) is 0 Å². The average molecular weight is 442 g/mol. The number of hydrogen-bond donors (Lipinski definition) is 1. The molecular formula is C24H21AsN3O. The predicted octanol–water partition coefficient (Wildman–Crippen LogP) is 4.26. The monoisotopic (exact) mass is 442 g/mol. The first kappa shape index (κ1) is 18.1. The van der Waals surface area contributed by atoms with Crippen molar-refractivity contribution in [2.24, 2.45) is 7.05 Å². The Balaban J connectivity index is 1.56. The van der Waals surface area contributed by atoms with E-state index in [9.17, 15) is 0 Å². The predicted molar refractivity (Wildman–Crippen MR) is 120 cm³/mol. The van der Waals surface area contributed by atoms with Crippen molar-refractivity contribution >= 4 is 42.0 Å². The molecule has 0 bridgehead atoms. The Kier molecular flexibility index (Phi) is 4.65. The number of benzene rings is 2. The molecule has 29 heavy (non-hydrogen) atoms. The van der Waals surface area contributed by atoms with Crippen molar-refractivity contribution in [2.45, 2.75) is 5.21 Å². The molecule has 5 aromatic rings. The number of aryl methyl sites for hydroxylation is 1. The Morgan fingerprint density at radius 1 is 1.03 bits per heavy atom. The number of nitrogens with one attached hydrogen (secondary N) is 1. The number of ether oxygens (including phenoxy) is 1. The van der Waals surface area contributed by atoms with Gasteiger partial charge in [0.25, 0.3) is 0 Å². The van der Waals surface area contributed by atoms with Crippen LogP contribution in [-0.4, -0.2) is 37.4 Å². The molecule has 0 atom stereocenters. The number of pyridine rings is 1. The van der Waals surface area contributed by atoms with Crippen molar-refractivity contribution in [3.05, 3.63) is 78.6 Å². The van der Waals surface area contributed by atoms with E-state index >= 15 is 0 Å². The van der Waals surface area contributed by atoms with Gasteiger partial charge in [0.1, 0.15) is 0 Å². The molecule has 3 heterocycles. The summed E-state index contributed by atoms with van der Waals surface area (Å²) in [6.07, 6.45) is 4.09. The van der Waals surface area contributed by atoms with Crippen LogP contribution in [0.25, 0.3) is 33.2 Å². The molecule has 0 aliphatic heterocycles. The third-order valence-corrected chi connectivity index (χ3v) is 7.90. The Labute approximate surface area is 176 Å². The van der Waals surface area contributed by atoms with Crippen LogP contribution in [0.5, 0.6) is 5.75 Å². The van der Waals surface area contributed by atoms with E-state index in [1.165, 1.54) is 31.8 Å². The van der Waals surface area contributed by atoms with Gasteiger partial charge in [-0.3, -0.25) is 0 Å². The fourth-order valence-corrected chi connectivity index (χ4v) is 6.03. The van der Waals surface area contributed by atoms with E-state index in [1.807, 2.05) is 12.3 Å². The SMILES string of the molecule is COc1ccc2c(c1)c(-c1cc3c([As]Cc4ccccc4)ccnc3[nH]1)cn2C. The number of hydrogen-bond acceptors (Lipinski definition) is 2. The van der Waals surface area contributed by atoms with Gasteiger partial charge < -0.3 is 0 Å². The number of rotatable bonds is 5. The zero-order valence-corrected chi connectivity index (χ0v) is 18.3. The third-order valence-electron chi connectivity index (χ3n) is 5.27. The topological polar surface area (TPSA) is 42.8 Å². The molecule has 3 aromatic heterocycles. The van der Waals surface area contributed by atoms with E-state index in [1.54, 1.807) is 7.11 Å². The van der Waals surface area contributed by atoms with Crippen molar-refractivity contribution < 1.29 is 4.74 Å². The Morgan fingerprint density at radius 2 is 1.90 bits per heavy atom. The fraction of sp³-hybridized carbons (Fsp3) is 0.125. The van der Waals surface area contributed by atoms with Crippen LogP contribution in [0.3, 0.4) is 0 Å². The molecule has 1 N–H and O–H groups in total. The molecule has 4 nitrogen and oxygen atoms in total. The molecule has 0 aliphatic rings. The number of nitrogens with zero attached hydrogens (tertiary/aromatic N) is 2. The number of aromatic nitrogens is 3. The summed E-state index contributed by atoms with van der Waals surface area (Å²) in [5.41, 5.74) is 5.81. The van der Waals surface area contributed by atoms with Gasteiger partial charge >= 0.3 is 176 Å². The van der Waals surface area contributed by atoms with Gasteiger partial charge in [-0.1, -0.05) is 0 Å². The molecular weight excluding hydrogens is 421 g/mol. The Morgan fingerprint density at radius 3 is 2.72 bits per heavy atom. The Hall–Kier alpha value is -2.97. The van der Waals surface area contributed by atoms with E-state index in [0.717, 1.165) is 22.3 Å². The Bertz CT molecular complexity index is 1300. The van der Waals surface area contributed by atoms with Gasteiger partial charge in [-0.15, -0.1) is 0 Å². The molecule has 0 fully saturated rings. The standard InChI is InChI=1S/C24H21AsN3O/c1-28-15-20(18-12-17(29-2)8-9-23(18)28)22-13-19-21(10-11-26-24(19)27-22)25-14-16-6-4-3-5-7-16/h3-13,15H,14H2,1-2H3,(H,26,27). The minimum atomic E-state index is 0.0319. The van der Waals surface area contributed by atoms with E-state index in [-0.39, 0.29) is 15.8 Å². The minimum absolute atomic E-state index is 0.0319. The van der Waals surface area contributed by atoms with Crippen LogP contribution in [-0.2, 0) is 12.3 Å². The van der Waals surface area contributed by atoms with Crippen molar-refractivity contribution in [3.63, 3.8) is 0 Å². The normalized spacial score (nSPS) is 11.8. The van der Waals surface area contributed by atoms with Crippen molar-refractivity contribution in [3.8, 4) is 17.0 Å². The zero-order chi connectivity index (χ0) is 19.8. The maximum absolute atomic E-state index is 5.45. The van der Waals surface area contributed by atoms with Gasteiger partial charge in [-0.2, -0.15) is 0 Å². The molecule has 143 valence electrons. The van der Waals surface area contributed by atoms with E-state index in [2.05, 4.69) is 82.4 Å². The quantitative estimate of drug-likeness (QED) is 0.414. The van der Waals surface area contributed by atoms with Crippen LogP contribution < -0.4 is 9.09 Å². The van der Waals surface area contributed by atoms with E-state index in [0.29, 0.717) is 0 Å². The molecule has 2 aromatic carbocycles. The second-order valence-corrected chi connectivity index (χ2v) is 9.45. The number of H-pyrrole nitrogens is 1. The fourth-order valence-electron chi connectivity index (χ4n) is 3.77. The summed E-state index contributed by atoms with van der Waals surface area (Å²) in [6.45, 7) is 0. The van der Waals surface area contributed by atoms with Crippen molar-refractivity contribution in [1.29, 1.82) is 0 Å². The summed E-state index contributed by atoms with van der Waals surface area (Å²) in [5, 5.41) is 3.53. The molecule has 1 radical (unpaired) electrons. The summed E-state index contributed by atoms with van der Waals surface area (Å²) in [4.78, 5) is 8.13. The molecule has 0 unspecified atom stereocenters. The van der Waals surface area contributed by atoms with Crippen molar-refractivity contribution in [2.75, 3.05) is 7.11 Å². The van der Waals surface area contributed by atoms with Gasteiger partial charge in [-0.05, 0) is 0 Å². The molecule has 5 heteroatoms. The van der Waals surface area contributed by atoms with E-state index < -0.39 is 0 Å². The van der Waals surface area contributed by atoms with Crippen LogP contribution >= 0.6 is 0 Å². The van der Waals surface area contributed by atoms with Crippen molar-refractivity contribution in [1.82, 2.24) is 14.5 Å². The maximum atomic E-state index is 5.45. The van der Waals surface area contributed by atoms with Crippen LogP contribution in [0.4, 0.5) is 0 Å². The summed E-state index contributed by atoms with van der Waals surface area (Å²) in [5.74, 6) is 0.868. The molecule has 0 aliphatic carbocycles.